The first-order chi connectivity index (χ1) is 12.6. The van der Waals surface area contributed by atoms with Gasteiger partial charge in [0.15, 0.2) is 0 Å². The van der Waals surface area contributed by atoms with E-state index in [9.17, 15) is 4.79 Å². The molecule has 6 heteroatoms. The lowest BCUT2D eigenvalue weighted by Gasteiger charge is -2.17. The van der Waals surface area contributed by atoms with Gasteiger partial charge in [0.25, 0.3) is 0 Å². The Hall–Kier alpha value is -3.54. The molecule has 6 nitrogen and oxygen atoms in total. The average Bonchev–Trinajstić information content (AvgIpc) is 2.65. The molecule has 1 atom stereocenters. The topological polar surface area (TPSA) is 106 Å². The van der Waals surface area contributed by atoms with Crippen LogP contribution in [-0.2, 0) is 11.2 Å². The number of anilines is 1. The molecule has 0 aromatic heterocycles. The number of nitrogens with one attached hydrogen (secondary N) is 2. The van der Waals surface area contributed by atoms with Crippen LogP contribution in [0.15, 0.2) is 77.9 Å². The maximum absolute atomic E-state index is 12.7. The quantitative estimate of drug-likeness (QED) is 0.311. The van der Waals surface area contributed by atoms with Gasteiger partial charge in [0.2, 0.25) is 11.9 Å². The number of fused-ring (bicyclic) bond motifs is 1. The highest BCUT2D eigenvalue weighted by Gasteiger charge is 2.19. The maximum atomic E-state index is 12.7. The summed E-state index contributed by atoms with van der Waals surface area (Å²) in [6, 6.07) is 22.8. The third-order valence-electron chi connectivity index (χ3n) is 3.97. The lowest BCUT2D eigenvalue weighted by atomic mass is 10.1. The lowest BCUT2D eigenvalue weighted by Crippen LogP contribution is -2.41. The third-order valence-corrected chi connectivity index (χ3v) is 3.97. The van der Waals surface area contributed by atoms with Crippen molar-refractivity contribution in [1.82, 2.24) is 5.43 Å². The Labute approximate surface area is 151 Å². The molecule has 6 N–H and O–H groups in total. The van der Waals surface area contributed by atoms with Crippen molar-refractivity contribution >= 4 is 28.3 Å². The predicted molar refractivity (Wildman–Crippen MR) is 105 cm³/mol. The Bertz CT molecular complexity index is 920. The summed E-state index contributed by atoms with van der Waals surface area (Å²) in [5, 5.41) is 8.89. The molecule has 3 aromatic rings. The number of benzene rings is 3. The molecule has 0 saturated carbocycles. The molecule has 0 fully saturated rings. The molecule has 3 rings (SSSR count). The van der Waals surface area contributed by atoms with Crippen LogP contribution in [-0.4, -0.2) is 17.9 Å². The van der Waals surface area contributed by atoms with Gasteiger partial charge in [-0.3, -0.25) is 10.2 Å². The van der Waals surface area contributed by atoms with Crippen molar-refractivity contribution in [3.8, 4) is 0 Å². The van der Waals surface area contributed by atoms with Gasteiger partial charge in [-0.05, 0) is 28.5 Å². The Kier molecular flexibility index (Phi) is 5.34. The highest BCUT2D eigenvalue weighted by Crippen LogP contribution is 2.19. The van der Waals surface area contributed by atoms with Crippen LogP contribution >= 0.6 is 0 Å². The first-order valence-electron chi connectivity index (χ1n) is 8.29. The van der Waals surface area contributed by atoms with Crippen LogP contribution in [0.5, 0.6) is 0 Å². The fraction of sp³-hybridized carbons (Fsp3) is 0.100. The van der Waals surface area contributed by atoms with Gasteiger partial charge < -0.3 is 16.8 Å². The maximum Gasteiger partial charge on any atom is 0.248 e. The van der Waals surface area contributed by atoms with E-state index in [0.717, 1.165) is 22.0 Å². The second kappa shape index (κ2) is 8.02. The number of carbonyl (C=O) groups excluding carboxylic acids is 1. The fourth-order valence-corrected chi connectivity index (χ4v) is 2.70. The SMILES string of the molecule is NC(N)=NNC(Cc1ccccc1)C(=O)Nc1ccc2ccccc2c1. The minimum absolute atomic E-state index is 0.124. The third kappa shape index (κ3) is 4.51. The number of nitrogens with zero attached hydrogens (tertiary/aromatic N) is 1. The van der Waals surface area contributed by atoms with E-state index in [1.807, 2.05) is 72.8 Å². The van der Waals surface area contributed by atoms with Crippen molar-refractivity contribution in [3.63, 3.8) is 0 Å². The summed E-state index contributed by atoms with van der Waals surface area (Å²) in [6.45, 7) is 0. The molecule has 0 radical (unpaired) electrons. The first-order valence-corrected chi connectivity index (χ1v) is 8.29. The normalized spacial score (nSPS) is 11.5. The van der Waals surface area contributed by atoms with Gasteiger partial charge in [0, 0.05) is 12.1 Å². The highest BCUT2D eigenvalue weighted by molar-refractivity contribution is 5.97. The number of hydrogen-bond donors (Lipinski definition) is 4. The van der Waals surface area contributed by atoms with Crippen LogP contribution in [0.4, 0.5) is 5.69 Å². The van der Waals surface area contributed by atoms with Gasteiger partial charge in [-0.25, -0.2) is 0 Å². The zero-order valence-corrected chi connectivity index (χ0v) is 14.2. The average molecular weight is 347 g/mol. The first kappa shape index (κ1) is 17.3. The highest BCUT2D eigenvalue weighted by atomic mass is 16.2. The number of nitrogens with two attached hydrogens (primary N) is 2. The number of hydrazone groups is 1. The molecule has 0 aliphatic heterocycles. The van der Waals surface area contributed by atoms with E-state index >= 15 is 0 Å². The molecule has 0 heterocycles. The van der Waals surface area contributed by atoms with Crippen LogP contribution in [0.1, 0.15) is 5.56 Å². The Morgan fingerprint density at radius 2 is 1.62 bits per heavy atom. The van der Waals surface area contributed by atoms with Crippen molar-refractivity contribution in [2.75, 3.05) is 5.32 Å². The number of amides is 1. The minimum atomic E-state index is -0.606. The summed E-state index contributed by atoms with van der Waals surface area (Å²) < 4.78 is 0. The largest absolute Gasteiger partial charge is 0.369 e. The minimum Gasteiger partial charge on any atom is -0.369 e. The van der Waals surface area contributed by atoms with Crippen molar-refractivity contribution in [1.29, 1.82) is 0 Å². The van der Waals surface area contributed by atoms with Crippen LogP contribution in [0.3, 0.4) is 0 Å². The lowest BCUT2D eigenvalue weighted by molar-refractivity contribution is -0.118. The Balaban J connectivity index is 1.77. The summed E-state index contributed by atoms with van der Waals surface area (Å²) >= 11 is 0. The van der Waals surface area contributed by atoms with Crippen LogP contribution < -0.4 is 22.2 Å². The summed E-state index contributed by atoms with van der Waals surface area (Å²) in [7, 11) is 0. The molecule has 1 unspecified atom stereocenters. The van der Waals surface area contributed by atoms with Crippen LogP contribution in [0.2, 0.25) is 0 Å². The molecular formula is C20H21N5O. The van der Waals surface area contributed by atoms with E-state index in [0.29, 0.717) is 6.42 Å². The molecule has 132 valence electrons. The number of hydrogen-bond acceptors (Lipinski definition) is 3. The van der Waals surface area contributed by atoms with Gasteiger partial charge in [0.05, 0.1) is 0 Å². The van der Waals surface area contributed by atoms with E-state index in [4.69, 9.17) is 11.5 Å². The molecule has 1 amide bonds. The second-order valence-electron chi connectivity index (χ2n) is 5.96. The Morgan fingerprint density at radius 1 is 0.923 bits per heavy atom. The number of guanidine groups is 1. The van der Waals surface area contributed by atoms with Gasteiger partial charge >= 0.3 is 0 Å². The zero-order chi connectivity index (χ0) is 18.4. The molecule has 0 bridgehead atoms. The van der Waals surface area contributed by atoms with E-state index in [1.54, 1.807) is 0 Å². The zero-order valence-electron chi connectivity index (χ0n) is 14.2. The Morgan fingerprint density at radius 3 is 2.35 bits per heavy atom. The number of rotatable bonds is 6. The molecule has 26 heavy (non-hydrogen) atoms. The van der Waals surface area contributed by atoms with Gasteiger partial charge in [-0.2, -0.15) is 0 Å². The van der Waals surface area contributed by atoms with Crippen molar-refractivity contribution in [2.45, 2.75) is 12.5 Å². The smallest absolute Gasteiger partial charge is 0.248 e. The molecule has 0 spiro atoms. The van der Waals surface area contributed by atoms with E-state index < -0.39 is 6.04 Å². The molecule has 0 aliphatic carbocycles. The standard InChI is InChI=1S/C20H21N5O/c21-20(22)25-24-18(12-14-6-2-1-3-7-14)19(26)23-17-11-10-15-8-4-5-9-16(15)13-17/h1-11,13,18,24H,12H2,(H,23,26)(H4,21,22,25). The monoisotopic (exact) mass is 347 g/mol. The molecular weight excluding hydrogens is 326 g/mol. The van der Waals surface area contributed by atoms with Crippen molar-refractivity contribution in [3.05, 3.63) is 78.4 Å². The van der Waals surface area contributed by atoms with Crippen molar-refractivity contribution < 1.29 is 4.79 Å². The fourth-order valence-electron chi connectivity index (χ4n) is 2.70. The summed E-state index contributed by atoms with van der Waals surface area (Å²) in [4.78, 5) is 12.7. The molecule has 3 aromatic carbocycles. The van der Waals surface area contributed by atoms with Crippen LogP contribution in [0.25, 0.3) is 10.8 Å². The van der Waals surface area contributed by atoms with Gasteiger partial charge in [0.1, 0.15) is 6.04 Å². The summed E-state index contributed by atoms with van der Waals surface area (Å²) in [5.41, 5.74) is 15.2. The van der Waals surface area contributed by atoms with Crippen LogP contribution in [0, 0.1) is 0 Å². The molecule has 0 aliphatic rings. The molecule has 0 saturated heterocycles. The van der Waals surface area contributed by atoms with E-state index in [2.05, 4.69) is 15.8 Å². The van der Waals surface area contributed by atoms with Gasteiger partial charge in [-0.1, -0.05) is 60.7 Å². The second-order valence-corrected chi connectivity index (χ2v) is 5.96. The summed E-state index contributed by atoms with van der Waals surface area (Å²) in [6.07, 6.45) is 0.455. The van der Waals surface area contributed by atoms with Crippen molar-refractivity contribution in [2.24, 2.45) is 16.6 Å². The number of carbonyl (C=O) groups is 1. The van der Waals surface area contributed by atoms with E-state index in [1.165, 1.54) is 0 Å². The van der Waals surface area contributed by atoms with E-state index in [-0.39, 0.29) is 11.9 Å². The van der Waals surface area contributed by atoms with Gasteiger partial charge in [-0.15, -0.1) is 5.10 Å². The summed E-state index contributed by atoms with van der Waals surface area (Å²) in [5.74, 6) is -0.337. The predicted octanol–water partition coefficient (Wildman–Crippen LogP) is 2.17.